The molecule has 0 bridgehead atoms. The van der Waals surface area contributed by atoms with Gasteiger partial charge in [-0.25, -0.2) is 9.97 Å². The Bertz CT molecular complexity index is 513. The van der Waals surface area contributed by atoms with Gasteiger partial charge in [-0.2, -0.15) is 0 Å². The van der Waals surface area contributed by atoms with Gasteiger partial charge < -0.3 is 4.52 Å². The van der Waals surface area contributed by atoms with Crippen LogP contribution in [0.3, 0.4) is 0 Å². The summed E-state index contributed by atoms with van der Waals surface area (Å²) in [5.41, 5.74) is 1.42. The Balaban J connectivity index is 2.66. The van der Waals surface area contributed by atoms with E-state index >= 15 is 0 Å². The van der Waals surface area contributed by atoms with Crippen molar-refractivity contribution in [2.24, 2.45) is 0 Å². The van der Waals surface area contributed by atoms with Crippen molar-refractivity contribution in [3.8, 4) is 11.4 Å². The standard InChI is InChI=1S/C9H6BrCl2N3O/c1-3-5(4(2)16-15-3)9-13-7(11)6(10)8(12)14-9/h1-2H3. The minimum absolute atomic E-state index is 0.259. The smallest absolute Gasteiger partial charge is 0.168 e. The Morgan fingerprint density at radius 2 is 1.69 bits per heavy atom. The lowest BCUT2D eigenvalue weighted by atomic mass is 10.2. The molecular weight excluding hydrogens is 317 g/mol. The molecule has 7 heteroatoms. The van der Waals surface area contributed by atoms with E-state index in [1.807, 2.05) is 0 Å². The molecule has 16 heavy (non-hydrogen) atoms. The lowest BCUT2D eigenvalue weighted by Gasteiger charge is -2.02. The van der Waals surface area contributed by atoms with Crippen molar-refractivity contribution in [2.75, 3.05) is 0 Å². The third kappa shape index (κ3) is 1.95. The van der Waals surface area contributed by atoms with Crippen LogP contribution in [0, 0.1) is 13.8 Å². The molecule has 2 heterocycles. The molecule has 2 rings (SSSR count). The minimum atomic E-state index is 0.259. The van der Waals surface area contributed by atoms with Gasteiger partial charge in [0.15, 0.2) is 5.82 Å². The number of nitrogens with zero attached hydrogens (tertiary/aromatic N) is 3. The molecule has 0 atom stereocenters. The van der Waals surface area contributed by atoms with Gasteiger partial charge in [0.1, 0.15) is 16.1 Å². The molecule has 0 N–H and O–H groups in total. The van der Waals surface area contributed by atoms with Crippen LogP contribution in [0.2, 0.25) is 10.3 Å². The fourth-order valence-corrected chi connectivity index (χ4v) is 1.87. The van der Waals surface area contributed by atoms with Crippen LogP contribution in [0.4, 0.5) is 0 Å². The Morgan fingerprint density at radius 1 is 1.12 bits per heavy atom. The summed E-state index contributed by atoms with van der Waals surface area (Å²) in [6.45, 7) is 3.58. The van der Waals surface area contributed by atoms with Crippen LogP contribution >= 0.6 is 39.1 Å². The summed E-state index contributed by atoms with van der Waals surface area (Å²) in [5.74, 6) is 1.04. The number of aromatic nitrogens is 3. The van der Waals surface area contributed by atoms with Gasteiger partial charge in [0.25, 0.3) is 0 Å². The van der Waals surface area contributed by atoms with Crippen molar-refractivity contribution in [2.45, 2.75) is 13.8 Å². The molecule has 0 aliphatic rings. The van der Waals surface area contributed by atoms with E-state index in [2.05, 4.69) is 31.1 Å². The molecule has 0 aromatic carbocycles. The molecule has 0 aliphatic heterocycles. The Labute approximate surface area is 110 Å². The number of rotatable bonds is 1. The second-order valence-electron chi connectivity index (χ2n) is 3.14. The molecular formula is C9H6BrCl2N3O. The molecule has 0 saturated carbocycles. The van der Waals surface area contributed by atoms with Crippen LogP contribution in [-0.4, -0.2) is 15.1 Å². The van der Waals surface area contributed by atoms with Crippen LogP contribution in [-0.2, 0) is 0 Å². The van der Waals surface area contributed by atoms with E-state index in [4.69, 9.17) is 27.7 Å². The van der Waals surface area contributed by atoms with Crippen molar-refractivity contribution >= 4 is 39.1 Å². The molecule has 0 spiro atoms. The average Bonchev–Trinajstić information content (AvgIpc) is 2.54. The van der Waals surface area contributed by atoms with Gasteiger partial charge in [0, 0.05) is 0 Å². The van der Waals surface area contributed by atoms with Gasteiger partial charge >= 0.3 is 0 Å². The molecule has 2 aromatic heterocycles. The first-order valence-electron chi connectivity index (χ1n) is 4.32. The summed E-state index contributed by atoms with van der Waals surface area (Å²) in [4.78, 5) is 8.24. The van der Waals surface area contributed by atoms with E-state index in [9.17, 15) is 0 Å². The summed E-state index contributed by atoms with van der Waals surface area (Å²) in [7, 11) is 0. The molecule has 0 fully saturated rings. The second-order valence-corrected chi connectivity index (χ2v) is 4.65. The van der Waals surface area contributed by atoms with E-state index in [0.29, 0.717) is 21.8 Å². The zero-order chi connectivity index (χ0) is 11.9. The maximum absolute atomic E-state index is 5.91. The van der Waals surface area contributed by atoms with E-state index in [1.54, 1.807) is 13.8 Å². The zero-order valence-electron chi connectivity index (χ0n) is 8.38. The fraction of sp³-hybridized carbons (Fsp3) is 0.222. The maximum Gasteiger partial charge on any atom is 0.168 e. The highest BCUT2D eigenvalue weighted by atomic mass is 79.9. The third-order valence-corrected chi connectivity index (χ3v) is 3.78. The van der Waals surface area contributed by atoms with Gasteiger partial charge in [0.2, 0.25) is 0 Å². The normalized spacial score (nSPS) is 10.8. The van der Waals surface area contributed by atoms with Crippen molar-refractivity contribution in [3.05, 3.63) is 26.2 Å². The lowest BCUT2D eigenvalue weighted by Crippen LogP contribution is -1.93. The highest BCUT2D eigenvalue weighted by Crippen LogP contribution is 2.31. The summed E-state index contributed by atoms with van der Waals surface area (Å²) in [6.07, 6.45) is 0. The van der Waals surface area contributed by atoms with Gasteiger partial charge in [-0.15, -0.1) is 0 Å². The Hall–Kier alpha value is -0.650. The molecule has 0 saturated heterocycles. The van der Waals surface area contributed by atoms with E-state index in [0.717, 1.165) is 5.56 Å². The molecule has 0 radical (unpaired) electrons. The second kappa shape index (κ2) is 4.31. The summed E-state index contributed by atoms with van der Waals surface area (Å²) >= 11 is 15.0. The zero-order valence-corrected chi connectivity index (χ0v) is 11.5. The van der Waals surface area contributed by atoms with Crippen LogP contribution in [0.25, 0.3) is 11.4 Å². The highest BCUT2D eigenvalue weighted by molar-refractivity contribution is 9.10. The number of hydrogen-bond donors (Lipinski definition) is 0. The lowest BCUT2D eigenvalue weighted by molar-refractivity contribution is 0.393. The number of hydrogen-bond acceptors (Lipinski definition) is 4. The maximum atomic E-state index is 5.91. The first kappa shape index (κ1) is 11.8. The summed E-state index contributed by atoms with van der Waals surface area (Å²) < 4.78 is 5.51. The minimum Gasteiger partial charge on any atom is -0.361 e. The van der Waals surface area contributed by atoms with Crippen molar-refractivity contribution in [1.29, 1.82) is 0 Å². The number of halogens is 3. The van der Waals surface area contributed by atoms with E-state index in [1.165, 1.54) is 0 Å². The first-order valence-corrected chi connectivity index (χ1v) is 5.87. The first-order chi connectivity index (χ1) is 7.50. The number of aryl methyl sites for hydroxylation is 2. The average molecular weight is 323 g/mol. The molecule has 0 amide bonds. The Morgan fingerprint density at radius 3 is 2.12 bits per heavy atom. The molecule has 2 aromatic rings. The third-order valence-electron chi connectivity index (χ3n) is 2.03. The predicted octanol–water partition coefficient (Wildman–Crippen LogP) is 3.82. The van der Waals surface area contributed by atoms with E-state index < -0.39 is 0 Å². The Kier molecular flexibility index (Phi) is 3.19. The van der Waals surface area contributed by atoms with Gasteiger partial charge in [-0.3, -0.25) is 0 Å². The monoisotopic (exact) mass is 321 g/mol. The van der Waals surface area contributed by atoms with Crippen LogP contribution in [0.1, 0.15) is 11.5 Å². The van der Waals surface area contributed by atoms with Crippen LogP contribution in [0.15, 0.2) is 9.00 Å². The topological polar surface area (TPSA) is 51.8 Å². The highest BCUT2D eigenvalue weighted by Gasteiger charge is 2.17. The van der Waals surface area contributed by atoms with Gasteiger partial charge in [0.05, 0.1) is 15.7 Å². The van der Waals surface area contributed by atoms with Gasteiger partial charge in [-0.05, 0) is 29.8 Å². The molecule has 4 nitrogen and oxygen atoms in total. The van der Waals surface area contributed by atoms with Gasteiger partial charge in [-0.1, -0.05) is 28.4 Å². The SMILES string of the molecule is Cc1noc(C)c1-c1nc(Cl)c(Br)c(Cl)n1. The van der Waals surface area contributed by atoms with Crippen molar-refractivity contribution < 1.29 is 4.52 Å². The summed E-state index contributed by atoms with van der Waals surface area (Å²) in [6, 6.07) is 0. The molecule has 84 valence electrons. The quantitative estimate of drug-likeness (QED) is 0.749. The predicted molar refractivity (Wildman–Crippen MR) is 64.7 cm³/mol. The fourth-order valence-electron chi connectivity index (χ4n) is 1.31. The summed E-state index contributed by atoms with van der Waals surface area (Å²) in [5, 5.41) is 4.34. The van der Waals surface area contributed by atoms with Crippen molar-refractivity contribution in [3.63, 3.8) is 0 Å². The van der Waals surface area contributed by atoms with Crippen LogP contribution in [0.5, 0.6) is 0 Å². The van der Waals surface area contributed by atoms with E-state index in [-0.39, 0.29) is 10.3 Å². The largest absolute Gasteiger partial charge is 0.361 e. The van der Waals surface area contributed by atoms with Crippen molar-refractivity contribution in [1.82, 2.24) is 15.1 Å². The molecule has 0 unspecified atom stereocenters. The van der Waals surface area contributed by atoms with Crippen LogP contribution < -0.4 is 0 Å². The molecule has 0 aliphatic carbocycles.